The minimum absolute atomic E-state index is 0.131. The molecule has 64 heavy (non-hydrogen) atoms. The minimum Gasteiger partial charge on any atom is -0.462 e. The van der Waals surface area contributed by atoms with Crippen LogP contribution in [-0.4, -0.2) is 82.6 Å². The first-order chi connectivity index (χ1) is 30.7. The molecule has 14 nitrogen and oxygen atoms in total. The Morgan fingerprint density at radius 2 is 1.06 bits per heavy atom. The number of unbranched alkanes of at least 4 members (excludes halogenated alkanes) is 24. The zero-order valence-electron chi connectivity index (χ0n) is 40.3. The van der Waals surface area contributed by atoms with Gasteiger partial charge in [-0.15, -0.1) is 0 Å². The van der Waals surface area contributed by atoms with Crippen molar-refractivity contribution in [2.75, 3.05) is 26.4 Å². The van der Waals surface area contributed by atoms with Gasteiger partial charge < -0.3 is 34.0 Å². The summed E-state index contributed by atoms with van der Waals surface area (Å²) in [5.41, 5.74) is 0. The normalized spacial score (nSPS) is 17.2. The van der Waals surface area contributed by atoms with E-state index < -0.39 is 59.6 Å². The number of allylic oxidation sites excluding steroid dienone is 1. The molecule has 378 valence electrons. The number of carbonyl (C=O) groups is 2. The molecule has 0 radical (unpaired) electrons. The summed E-state index contributed by atoms with van der Waals surface area (Å²) in [5.74, 6) is -0.209. The molecule has 1 saturated heterocycles. The molecule has 3 unspecified atom stereocenters. The molecular formula is C48H92O14P2. The van der Waals surface area contributed by atoms with Gasteiger partial charge >= 0.3 is 27.6 Å². The van der Waals surface area contributed by atoms with Gasteiger partial charge in [0.25, 0.3) is 0 Å². The molecule has 0 aromatic carbocycles. The van der Waals surface area contributed by atoms with Crippen molar-refractivity contribution in [1.29, 1.82) is 0 Å². The van der Waals surface area contributed by atoms with Crippen LogP contribution in [0, 0.1) is 5.92 Å². The quantitative estimate of drug-likeness (QED) is 0.0147. The van der Waals surface area contributed by atoms with Crippen LogP contribution in [0.5, 0.6) is 0 Å². The highest BCUT2D eigenvalue weighted by Crippen LogP contribution is 2.44. The highest BCUT2D eigenvalue weighted by molar-refractivity contribution is 7.47. The maximum atomic E-state index is 12.7. The van der Waals surface area contributed by atoms with E-state index in [4.69, 9.17) is 33.0 Å². The molecular weight excluding hydrogens is 862 g/mol. The molecule has 1 fully saturated rings. The summed E-state index contributed by atoms with van der Waals surface area (Å²) in [4.78, 5) is 52.9. The number of carbonyl (C=O) groups excluding carboxylic acids is 2. The lowest BCUT2D eigenvalue weighted by Crippen LogP contribution is -2.30. The standard InChI is InChI=1S/C48H92O14P2/c1-4-5-28-34-45-46(62-45)35-30-25-21-18-19-22-26-31-36-47(50)57-40-44(41-60-64(55,56)59-39-43(49)38-58-63(52,53)54)61-48(51)37-32-27-23-17-15-13-11-9-7-6-8-10-12-14-16-20-24-29-33-42(2)3/h25,30,42-46,49H,4-24,26-29,31-41H2,1-3H3,(H,55,56)(H2,52,53,54)/b30-25-/t43-,44+,45?,46?/m0/s1. The first-order valence-corrected chi connectivity index (χ1v) is 28.4. The molecule has 4 N–H and O–H groups in total. The van der Waals surface area contributed by atoms with E-state index in [2.05, 4.69) is 37.4 Å². The average molecular weight is 955 g/mol. The van der Waals surface area contributed by atoms with E-state index in [-0.39, 0.29) is 19.4 Å². The topological polar surface area (TPSA) is 208 Å². The second-order valence-electron chi connectivity index (χ2n) is 18.3. The summed E-state index contributed by atoms with van der Waals surface area (Å²) in [6.07, 6.45) is 38.0. The van der Waals surface area contributed by atoms with Crippen molar-refractivity contribution in [3.8, 4) is 0 Å². The fourth-order valence-corrected chi connectivity index (χ4v) is 8.70. The SMILES string of the molecule is CCCCCC1OC1C/C=C\CCCCCCCC(=O)OC[C@H](COP(=O)(O)OC[C@@H](O)COP(=O)(O)O)OC(=O)CCCCCCCCCCCCCCCCCCCCC(C)C. The Hall–Kier alpha value is -1.18. The van der Waals surface area contributed by atoms with E-state index in [0.29, 0.717) is 25.0 Å². The van der Waals surface area contributed by atoms with Gasteiger partial charge in [-0.25, -0.2) is 9.13 Å². The Morgan fingerprint density at radius 1 is 0.578 bits per heavy atom. The number of aliphatic hydroxyl groups excluding tert-OH is 1. The molecule has 1 aliphatic heterocycles. The lowest BCUT2D eigenvalue weighted by Gasteiger charge is -2.20. The first-order valence-electron chi connectivity index (χ1n) is 25.4. The Morgan fingerprint density at radius 3 is 1.59 bits per heavy atom. The summed E-state index contributed by atoms with van der Waals surface area (Å²) >= 11 is 0. The molecule has 5 atom stereocenters. The van der Waals surface area contributed by atoms with Crippen LogP contribution >= 0.6 is 15.6 Å². The largest absolute Gasteiger partial charge is 0.472 e. The van der Waals surface area contributed by atoms with Crippen molar-refractivity contribution >= 4 is 27.6 Å². The summed E-state index contributed by atoms with van der Waals surface area (Å²) in [7, 11) is -9.68. The van der Waals surface area contributed by atoms with Gasteiger partial charge in [-0.05, 0) is 44.4 Å². The number of phosphoric acid groups is 2. The molecule has 1 rings (SSSR count). The Labute approximate surface area is 387 Å². The summed E-state index contributed by atoms with van der Waals surface area (Å²) < 4.78 is 53.7. The van der Waals surface area contributed by atoms with Crippen molar-refractivity contribution in [1.82, 2.24) is 0 Å². The van der Waals surface area contributed by atoms with E-state index in [9.17, 15) is 28.7 Å². The third kappa shape index (κ3) is 41.0. The van der Waals surface area contributed by atoms with Gasteiger partial charge in [-0.1, -0.05) is 187 Å². The van der Waals surface area contributed by atoms with E-state index in [1.165, 1.54) is 122 Å². The second-order valence-corrected chi connectivity index (χ2v) is 21.0. The summed E-state index contributed by atoms with van der Waals surface area (Å²) in [5, 5.41) is 9.78. The predicted molar refractivity (Wildman–Crippen MR) is 253 cm³/mol. The monoisotopic (exact) mass is 955 g/mol. The van der Waals surface area contributed by atoms with Crippen molar-refractivity contribution in [3.63, 3.8) is 0 Å². The number of hydrogen-bond donors (Lipinski definition) is 4. The summed E-state index contributed by atoms with van der Waals surface area (Å²) in [6.45, 7) is 4.11. The molecule has 0 aliphatic carbocycles. The predicted octanol–water partition coefficient (Wildman–Crippen LogP) is 12.5. The summed E-state index contributed by atoms with van der Waals surface area (Å²) in [6, 6.07) is 0. The fraction of sp³-hybridized carbons (Fsp3) is 0.917. The highest BCUT2D eigenvalue weighted by atomic mass is 31.2. The second kappa shape index (κ2) is 39.8. The molecule has 0 spiro atoms. The van der Waals surface area contributed by atoms with Gasteiger partial charge in [0.1, 0.15) is 12.7 Å². The van der Waals surface area contributed by atoms with Gasteiger partial charge in [0.2, 0.25) is 0 Å². The van der Waals surface area contributed by atoms with Crippen LogP contribution in [0.3, 0.4) is 0 Å². The van der Waals surface area contributed by atoms with Crippen molar-refractivity contribution < 1.29 is 66.3 Å². The Balaban J connectivity index is 2.27. The Bertz CT molecular complexity index is 1260. The van der Waals surface area contributed by atoms with Crippen LogP contribution in [0.15, 0.2) is 12.2 Å². The first kappa shape index (κ1) is 60.8. The smallest absolute Gasteiger partial charge is 0.462 e. The number of esters is 2. The van der Waals surface area contributed by atoms with Crippen molar-refractivity contribution in [3.05, 3.63) is 12.2 Å². The van der Waals surface area contributed by atoms with Gasteiger partial charge in [0, 0.05) is 12.8 Å². The van der Waals surface area contributed by atoms with Crippen LogP contribution in [0.25, 0.3) is 0 Å². The third-order valence-corrected chi connectivity index (χ3v) is 12.9. The molecule has 0 aromatic heterocycles. The van der Waals surface area contributed by atoms with Crippen molar-refractivity contribution in [2.45, 2.75) is 251 Å². The minimum atomic E-state index is -4.87. The van der Waals surface area contributed by atoms with Crippen LogP contribution in [-0.2, 0) is 46.5 Å². The molecule has 0 bridgehead atoms. The van der Waals surface area contributed by atoms with Gasteiger partial charge in [0.05, 0.1) is 32.0 Å². The maximum absolute atomic E-state index is 12.7. The fourth-order valence-electron chi connectivity index (χ4n) is 7.54. The molecule has 0 aromatic rings. The molecule has 1 heterocycles. The average Bonchev–Trinajstić information content (AvgIpc) is 4.00. The number of ether oxygens (including phenoxy) is 3. The molecule has 0 saturated carbocycles. The molecule has 0 amide bonds. The van der Waals surface area contributed by atoms with Crippen molar-refractivity contribution in [2.24, 2.45) is 5.92 Å². The van der Waals surface area contributed by atoms with Crippen LogP contribution in [0.2, 0.25) is 0 Å². The number of epoxide rings is 1. The number of aliphatic hydroxyl groups is 1. The third-order valence-electron chi connectivity index (χ3n) is 11.5. The van der Waals surface area contributed by atoms with E-state index in [1.54, 1.807) is 0 Å². The van der Waals surface area contributed by atoms with Crippen LogP contribution < -0.4 is 0 Å². The number of phosphoric ester groups is 2. The van der Waals surface area contributed by atoms with E-state index in [0.717, 1.165) is 63.7 Å². The van der Waals surface area contributed by atoms with Crippen LogP contribution in [0.4, 0.5) is 0 Å². The van der Waals surface area contributed by atoms with E-state index >= 15 is 0 Å². The lowest BCUT2D eigenvalue weighted by molar-refractivity contribution is -0.161. The maximum Gasteiger partial charge on any atom is 0.472 e. The van der Waals surface area contributed by atoms with E-state index in [1.807, 2.05) is 0 Å². The van der Waals surface area contributed by atoms with Crippen LogP contribution in [0.1, 0.15) is 226 Å². The number of rotatable bonds is 47. The zero-order valence-corrected chi connectivity index (χ0v) is 42.1. The highest BCUT2D eigenvalue weighted by Gasteiger charge is 2.36. The molecule has 1 aliphatic rings. The van der Waals surface area contributed by atoms with Gasteiger partial charge in [-0.3, -0.25) is 23.2 Å². The molecule has 16 heteroatoms. The zero-order chi connectivity index (χ0) is 47.2. The Kier molecular flexibility index (Phi) is 37.8. The number of hydrogen-bond acceptors (Lipinski definition) is 11. The lowest BCUT2D eigenvalue weighted by atomic mass is 10.0. The van der Waals surface area contributed by atoms with Gasteiger partial charge in [-0.2, -0.15) is 0 Å². The van der Waals surface area contributed by atoms with Gasteiger partial charge in [0.15, 0.2) is 6.10 Å².